The Balaban J connectivity index is 1.51. The fourth-order valence-corrected chi connectivity index (χ4v) is 2.34. The quantitative estimate of drug-likeness (QED) is 0.769. The lowest BCUT2D eigenvalue weighted by Crippen LogP contribution is -2.37. The molecule has 108 valence electrons. The Hall–Kier alpha value is -1.41. The first kappa shape index (κ1) is 15.0. The zero-order chi connectivity index (χ0) is 14.0. The standard InChI is InChI=1S/C16H23N3O/c17-13-15-3-5-16(6-4-15)14-18-7-1-2-8-19-9-11-20-12-10-19/h3-6,18H,1-2,7-12,14H2. The number of morpholine rings is 1. The first-order valence-electron chi connectivity index (χ1n) is 7.38. The minimum Gasteiger partial charge on any atom is -0.379 e. The molecule has 4 nitrogen and oxygen atoms in total. The summed E-state index contributed by atoms with van der Waals surface area (Å²) in [6.07, 6.45) is 2.44. The number of nitriles is 1. The predicted molar refractivity (Wildman–Crippen MR) is 79.4 cm³/mol. The fraction of sp³-hybridized carbons (Fsp3) is 0.562. The molecular weight excluding hydrogens is 250 g/mol. The van der Waals surface area contributed by atoms with E-state index in [1.165, 1.54) is 24.9 Å². The van der Waals surface area contributed by atoms with Crippen LogP contribution < -0.4 is 5.32 Å². The smallest absolute Gasteiger partial charge is 0.0991 e. The van der Waals surface area contributed by atoms with Gasteiger partial charge in [0.15, 0.2) is 0 Å². The fourth-order valence-electron chi connectivity index (χ4n) is 2.34. The number of hydrogen-bond donors (Lipinski definition) is 1. The first-order valence-corrected chi connectivity index (χ1v) is 7.38. The van der Waals surface area contributed by atoms with Crippen molar-refractivity contribution in [3.8, 4) is 6.07 Å². The molecule has 0 spiro atoms. The van der Waals surface area contributed by atoms with Gasteiger partial charge in [0.2, 0.25) is 0 Å². The number of nitrogens with one attached hydrogen (secondary N) is 1. The summed E-state index contributed by atoms with van der Waals surface area (Å²) in [7, 11) is 0. The molecule has 1 aliphatic rings. The van der Waals surface area contributed by atoms with Gasteiger partial charge in [-0.1, -0.05) is 12.1 Å². The van der Waals surface area contributed by atoms with Crippen LogP contribution in [0.1, 0.15) is 24.0 Å². The zero-order valence-electron chi connectivity index (χ0n) is 12.0. The van der Waals surface area contributed by atoms with Crippen LogP contribution in [0.25, 0.3) is 0 Å². The Morgan fingerprint density at radius 1 is 1.15 bits per heavy atom. The van der Waals surface area contributed by atoms with Gasteiger partial charge in [-0.2, -0.15) is 5.26 Å². The van der Waals surface area contributed by atoms with Crippen LogP contribution in [0.4, 0.5) is 0 Å². The van der Waals surface area contributed by atoms with E-state index >= 15 is 0 Å². The zero-order valence-corrected chi connectivity index (χ0v) is 12.0. The van der Waals surface area contributed by atoms with Crippen LogP contribution in [-0.4, -0.2) is 44.3 Å². The highest BCUT2D eigenvalue weighted by Crippen LogP contribution is 2.03. The number of benzene rings is 1. The topological polar surface area (TPSA) is 48.3 Å². The third-order valence-electron chi connectivity index (χ3n) is 3.59. The monoisotopic (exact) mass is 273 g/mol. The molecule has 2 rings (SSSR count). The van der Waals surface area contributed by atoms with E-state index in [4.69, 9.17) is 10.00 Å². The van der Waals surface area contributed by atoms with Crippen molar-refractivity contribution in [1.82, 2.24) is 10.2 Å². The predicted octanol–water partition coefficient (Wildman–Crippen LogP) is 1.76. The molecule has 1 saturated heterocycles. The molecule has 0 radical (unpaired) electrons. The summed E-state index contributed by atoms with van der Waals surface area (Å²) in [5.41, 5.74) is 1.96. The normalized spacial score (nSPS) is 15.9. The number of ether oxygens (including phenoxy) is 1. The minimum absolute atomic E-state index is 0.722. The Kier molecular flexibility index (Phi) is 6.52. The molecular formula is C16H23N3O. The Morgan fingerprint density at radius 2 is 1.90 bits per heavy atom. The summed E-state index contributed by atoms with van der Waals surface area (Å²) < 4.78 is 5.34. The maximum atomic E-state index is 8.73. The van der Waals surface area contributed by atoms with Gasteiger partial charge in [0.05, 0.1) is 24.8 Å². The van der Waals surface area contributed by atoms with E-state index in [-0.39, 0.29) is 0 Å². The van der Waals surface area contributed by atoms with Crippen LogP contribution in [0.15, 0.2) is 24.3 Å². The Bertz CT molecular complexity index is 418. The summed E-state index contributed by atoms with van der Waals surface area (Å²) >= 11 is 0. The van der Waals surface area contributed by atoms with Crippen LogP contribution in [0.3, 0.4) is 0 Å². The molecule has 0 saturated carbocycles. The minimum atomic E-state index is 0.722. The Labute approximate surface area is 121 Å². The van der Waals surface area contributed by atoms with E-state index < -0.39 is 0 Å². The Morgan fingerprint density at radius 3 is 2.60 bits per heavy atom. The molecule has 0 amide bonds. The molecule has 4 heteroatoms. The van der Waals surface area contributed by atoms with E-state index in [9.17, 15) is 0 Å². The second-order valence-electron chi connectivity index (χ2n) is 5.15. The third-order valence-corrected chi connectivity index (χ3v) is 3.59. The maximum Gasteiger partial charge on any atom is 0.0991 e. The second-order valence-corrected chi connectivity index (χ2v) is 5.15. The van der Waals surface area contributed by atoms with E-state index in [1.807, 2.05) is 24.3 Å². The van der Waals surface area contributed by atoms with Gasteiger partial charge in [0.25, 0.3) is 0 Å². The lowest BCUT2D eigenvalue weighted by atomic mass is 10.1. The number of nitrogens with zero attached hydrogens (tertiary/aromatic N) is 2. The maximum absolute atomic E-state index is 8.73. The average molecular weight is 273 g/mol. The number of hydrogen-bond acceptors (Lipinski definition) is 4. The highest BCUT2D eigenvalue weighted by molar-refractivity contribution is 5.31. The molecule has 0 bridgehead atoms. The number of unbranched alkanes of at least 4 members (excludes halogenated alkanes) is 1. The molecule has 1 aromatic rings. The molecule has 0 aliphatic carbocycles. The lowest BCUT2D eigenvalue weighted by molar-refractivity contribution is 0.0372. The molecule has 0 aromatic heterocycles. The molecule has 1 aliphatic heterocycles. The van der Waals surface area contributed by atoms with E-state index in [2.05, 4.69) is 16.3 Å². The van der Waals surface area contributed by atoms with Gasteiger partial charge in [-0.3, -0.25) is 4.90 Å². The van der Waals surface area contributed by atoms with Crippen LogP contribution in [-0.2, 0) is 11.3 Å². The molecule has 20 heavy (non-hydrogen) atoms. The van der Waals surface area contributed by atoms with Crippen molar-refractivity contribution in [2.75, 3.05) is 39.4 Å². The largest absolute Gasteiger partial charge is 0.379 e. The van der Waals surface area contributed by atoms with E-state index in [0.717, 1.165) is 45.0 Å². The highest BCUT2D eigenvalue weighted by atomic mass is 16.5. The van der Waals surface area contributed by atoms with Gasteiger partial charge in [-0.05, 0) is 43.6 Å². The van der Waals surface area contributed by atoms with Crippen molar-refractivity contribution in [2.24, 2.45) is 0 Å². The van der Waals surface area contributed by atoms with Crippen molar-refractivity contribution in [1.29, 1.82) is 5.26 Å². The van der Waals surface area contributed by atoms with E-state index in [0.29, 0.717) is 0 Å². The van der Waals surface area contributed by atoms with Gasteiger partial charge in [0.1, 0.15) is 0 Å². The molecule has 1 aromatic carbocycles. The van der Waals surface area contributed by atoms with Crippen molar-refractivity contribution < 1.29 is 4.74 Å². The van der Waals surface area contributed by atoms with Crippen LogP contribution in [0.2, 0.25) is 0 Å². The first-order chi connectivity index (χ1) is 9.88. The summed E-state index contributed by atoms with van der Waals surface area (Å²) in [5.74, 6) is 0. The van der Waals surface area contributed by atoms with Crippen LogP contribution in [0, 0.1) is 11.3 Å². The lowest BCUT2D eigenvalue weighted by Gasteiger charge is -2.26. The van der Waals surface area contributed by atoms with E-state index in [1.54, 1.807) is 0 Å². The highest BCUT2D eigenvalue weighted by Gasteiger charge is 2.08. The summed E-state index contributed by atoms with van der Waals surface area (Å²) in [4.78, 5) is 2.48. The summed E-state index contributed by atoms with van der Waals surface area (Å²) in [6.45, 7) is 7.04. The van der Waals surface area contributed by atoms with Crippen molar-refractivity contribution in [3.05, 3.63) is 35.4 Å². The van der Waals surface area contributed by atoms with Gasteiger partial charge in [-0.25, -0.2) is 0 Å². The van der Waals surface area contributed by atoms with Crippen molar-refractivity contribution in [3.63, 3.8) is 0 Å². The average Bonchev–Trinajstić information content (AvgIpc) is 2.52. The van der Waals surface area contributed by atoms with Gasteiger partial charge < -0.3 is 10.1 Å². The molecule has 0 unspecified atom stereocenters. The molecule has 0 atom stereocenters. The van der Waals surface area contributed by atoms with Crippen molar-refractivity contribution >= 4 is 0 Å². The molecule has 1 fully saturated rings. The van der Waals surface area contributed by atoms with Crippen LogP contribution in [0.5, 0.6) is 0 Å². The van der Waals surface area contributed by atoms with Gasteiger partial charge in [0, 0.05) is 19.6 Å². The van der Waals surface area contributed by atoms with Crippen LogP contribution >= 0.6 is 0 Å². The SMILES string of the molecule is N#Cc1ccc(CNCCCCN2CCOCC2)cc1. The molecule has 1 heterocycles. The third kappa shape index (κ3) is 5.30. The van der Waals surface area contributed by atoms with Gasteiger partial charge >= 0.3 is 0 Å². The van der Waals surface area contributed by atoms with Gasteiger partial charge in [-0.15, -0.1) is 0 Å². The van der Waals surface area contributed by atoms with Crippen molar-refractivity contribution in [2.45, 2.75) is 19.4 Å². The summed E-state index contributed by atoms with van der Waals surface area (Å²) in [6, 6.07) is 9.90. The number of rotatable bonds is 7. The molecule has 1 N–H and O–H groups in total. The second kappa shape index (κ2) is 8.70. The summed E-state index contributed by atoms with van der Waals surface area (Å²) in [5, 5.41) is 12.2.